The number of aromatic nitrogens is 4. The van der Waals surface area contributed by atoms with Crippen LogP contribution in [-0.2, 0) is 13.0 Å². The summed E-state index contributed by atoms with van der Waals surface area (Å²) >= 11 is 1.53. The second kappa shape index (κ2) is 5.72. The molecular weight excluding hydrogens is 250 g/mol. The van der Waals surface area contributed by atoms with Crippen molar-refractivity contribution in [1.82, 2.24) is 25.9 Å². The van der Waals surface area contributed by atoms with E-state index in [1.54, 1.807) is 0 Å². The molecule has 1 amide bonds. The van der Waals surface area contributed by atoms with Crippen LogP contribution in [0.25, 0.3) is 0 Å². The van der Waals surface area contributed by atoms with E-state index >= 15 is 0 Å². The minimum Gasteiger partial charge on any atom is -0.344 e. The van der Waals surface area contributed by atoms with E-state index in [2.05, 4.69) is 39.8 Å². The maximum Gasteiger partial charge on any atom is 0.261 e. The van der Waals surface area contributed by atoms with Gasteiger partial charge in [-0.25, -0.2) is 0 Å². The number of H-pyrrole nitrogens is 1. The normalized spacial score (nSPS) is 10.8. The molecule has 18 heavy (non-hydrogen) atoms. The molecule has 7 heteroatoms. The van der Waals surface area contributed by atoms with Gasteiger partial charge in [-0.1, -0.05) is 19.1 Å². The van der Waals surface area contributed by atoms with Crippen LogP contribution in [-0.4, -0.2) is 26.5 Å². The lowest BCUT2D eigenvalue weighted by atomic mass is 10.1. The molecule has 2 heterocycles. The Bertz CT molecular complexity index is 505. The lowest BCUT2D eigenvalue weighted by Gasteiger charge is -2.00. The van der Waals surface area contributed by atoms with Gasteiger partial charge < -0.3 is 5.32 Å². The first kappa shape index (κ1) is 12.7. The number of hydrogen-bond donors (Lipinski definition) is 2. The molecule has 0 atom stereocenters. The number of carbonyl (C=O) groups excluding carboxylic acids is 1. The number of aromatic amines is 1. The Morgan fingerprint density at radius 1 is 1.50 bits per heavy atom. The zero-order chi connectivity index (χ0) is 13.0. The van der Waals surface area contributed by atoms with Crippen molar-refractivity contribution in [3.8, 4) is 0 Å². The predicted octanol–water partition coefficient (Wildman–Crippen LogP) is 1.39. The van der Waals surface area contributed by atoms with Crippen LogP contribution >= 0.6 is 11.3 Å². The molecule has 6 nitrogen and oxygen atoms in total. The zero-order valence-electron chi connectivity index (χ0n) is 10.3. The highest BCUT2D eigenvalue weighted by atomic mass is 32.1. The molecule has 96 valence electrons. The number of hydrogen-bond acceptors (Lipinski definition) is 5. The summed E-state index contributed by atoms with van der Waals surface area (Å²) in [4.78, 5) is 13.8. The van der Waals surface area contributed by atoms with E-state index in [0.717, 1.165) is 6.42 Å². The maximum absolute atomic E-state index is 11.9. The first-order valence-electron chi connectivity index (χ1n) is 5.74. The number of carbonyl (C=O) groups is 1. The Balaban J connectivity index is 1.90. The second-order valence-electron chi connectivity index (χ2n) is 4.37. The highest BCUT2D eigenvalue weighted by Crippen LogP contribution is 2.19. The van der Waals surface area contributed by atoms with Crippen molar-refractivity contribution in [2.24, 2.45) is 5.92 Å². The van der Waals surface area contributed by atoms with E-state index in [1.165, 1.54) is 16.2 Å². The van der Waals surface area contributed by atoms with Gasteiger partial charge in [0, 0.05) is 4.88 Å². The van der Waals surface area contributed by atoms with Gasteiger partial charge in [-0.15, -0.1) is 21.5 Å². The van der Waals surface area contributed by atoms with Gasteiger partial charge in [0.1, 0.15) is 0 Å². The Morgan fingerprint density at radius 3 is 3.00 bits per heavy atom. The molecule has 0 saturated carbocycles. The Labute approximate surface area is 109 Å². The lowest BCUT2D eigenvalue weighted by Crippen LogP contribution is -2.22. The molecule has 0 aliphatic heterocycles. The SMILES string of the molecule is CC(C)Cc1ccc(C(=O)NCc2nn[nH]n2)s1. The highest BCUT2D eigenvalue weighted by Gasteiger charge is 2.10. The summed E-state index contributed by atoms with van der Waals surface area (Å²) in [6.07, 6.45) is 1.00. The number of nitrogens with one attached hydrogen (secondary N) is 2. The van der Waals surface area contributed by atoms with Crippen molar-refractivity contribution in [3.63, 3.8) is 0 Å². The molecule has 0 bridgehead atoms. The Morgan fingerprint density at radius 2 is 2.33 bits per heavy atom. The molecule has 0 saturated heterocycles. The Kier molecular flexibility index (Phi) is 4.03. The van der Waals surface area contributed by atoms with E-state index in [9.17, 15) is 4.79 Å². The van der Waals surface area contributed by atoms with Crippen LogP contribution in [0.3, 0.4) is 0 Å². The molecular formula is C11H15N5OS. The largest absolute Gasteiger partial charge is 0.344 e. The van der Waals surface area contributed by atoms with E-state index in [0.29, 0.717) is 16.6 Å². The molecule has 2 N–H and O–H groups in total. The zero-order valence-corrected chi connectivity index (χ0v) is 11.1. The van der Waals surface area contributed by atoms with Crippen LogP contribution in [0, 0.1) is 5.92 Å². The number of tetrazole rings is 1. The minimum atomic E-state index is -0.0974. The topological polar surface area (TPSA) is 83.6 Å². The highest BCUT2D eigenvalue weighted by molar-refractivity contribution is 7.14. The van der Waals surface area contributed by atoms with Crippen molar-refractivity contribution in [3.05, 3.63) is 27.7 Å². The van der Waals surface area contributed by atoms with Crippen LogP contribution in [0.4, 0.5) is 0 Å². The smallest absolute Gasteiger partial charge is 0.261 e. The molecule has 2 aromatic heterocycles. The van der Waals surface area contributed by atoms with E-state index in [4.69, 9.17) is 0 Å². The average molecular weight is 265 g/mol. The third kappa shape index (κ3) is 3.36. The van der Waals surface area contributed by atoms with Gasteiger partial charge in [0.2, 0.25) is 0 Å². The second-order valence-corrected chi connectivity index (χ2v) is 5.54. The number of thiophene rings is 1. The summed E-state index contributed by atoms with van der Waals surface area (Å²) in [6.45, 7) is 4.61. The first-order valence-corrected chi connectivity index (χ1v) is 6.56. The molecule has 0 aromatic carbocycles. The molecule has 0 aliphatic rings. The average Bonchev–Trinajstić information content (AvgIpc) is 2.95. The fraction of sp³-hybridized carbons (Fsp3) is 0.455. The summed E-state index contributed by atoms with van der Waals surface area (Å²) in [6, 6.07) is 3.86. The van der Waals surface area contributed by atoms with E-state index in [-0.39, 0.29) is 12.5 Å². The van der Waals surface area contributed by atoms with Crippen LogP contribution in [0.5, 0.6) is 0 Å². The minimum absolute atomic E-state index is 0.0974. The quantitative estimate of drug-likeness (QED) is 0.855. The van der Waals surface area contributed by atoms with Gasteiger partial charge in [0.05, 0.1) is 11.4 Å². The molecule has 0 fully saturated rings. The van der Waals surface area contributed by atoms with Crippen molar-refractivity contribution < 1.29 is 4.79 Å². The van der Waals surface area contributed by atoms with E-state index in [1.807, 2.05) is 12.1 Å². The van der Waals surface area contributed by atoms with Gasteiger partial charge in [-0.05, 0) is 24.5 Å². The van der Waals surface area contributed by atoms with Crippen LogP contribution in [0.2, 0.25) is 0 Å². The predicted molar refractivity (Wildman–Crippen MR) is 68.2 cm³/mol. The molecule has 2 rings (SSSR count). The monoisotopic (exact) mass is 265 g/mol. The summed E-state index contributed by atoms with van der Waals surface area (Å²) in [5.74, 6) is 0.973. The third-order valence-electron chi connectivity index (χ3n) is 2.29. The van der Waals surface area contributed by atoms with Crippen LogP contribution < -0.4 is 5.32 Å². The van der Waals surface area contributed by atoms with Crippen LogP contribution in [0.1, 0.15) is 34.2 Å². The van der Waals surface area contributed by atoms with Crippen molar-refractivity contribution >= 4 is 17.2 Å². The third-order valence-corrected chi connectivity index (χ3v) is 3.40. The van der Waals surface area contributed by atoms with Gasteiger partial charge in [-0.2, -0.15) is 5.21 Å². The summed E-state index contributed by atoms with van der Waals surface area (Å²) in [5, 5.41) is 16.1. The fourth-order valence-electron chi connectivity index (χ4n) is 1.52. The molecule has 0 radical (unpaired) electrons. The number of rotatable bonds is 5. The summed E-state index contributed by atoms with van der Waals surface area (Å²) in [7, 11) is 0. The summed E-state index contributed by atoms with van der Waals surface area (Å²) in [5.41, 5.74) is 0. The fourth-order valence-corrected chi connectivity index (χ4v) is 2.65. The van der Waals surface area contributed by atoms with Gasteiger partial charge in [-0.3, -0.25) is 4.79 Å². The van der Waals surface area contributed by atoms with Crippen molar-refractivity contribution in [2.75, 3.05) is 0 Å². The maximum atomic E-state index is 11.9. The first-order chi connectivity index (χ1) is 8.65. The van der Waals surface area contributed by atoms with Gasteiger partial charge >= 0.3 is 0 Å². The molecule has 0 spiro atoms. The molecule has 2 aromatic rings. The lowest BCUT2D eigenvalue weighted by molar-refractivity contribution is 0.0954. The molecule has 0 unspecified atom stereocenters. The van der Waals surface area contributed by atoms with E-state index < -0.39 is 0 Å². The van der Waals surface area contributed by atoms with Gasteiger partial charge in [0.25, 0.3) is 5.91 Å². The standard InChI is InChI=1S/C11H15N5OS/c1-7(2)5-8-3-4-9(18-8)11(17)12-6-10-13-15-16-14-10/h3-4,7H,5-6H2,1-2H3,(H,12,17)(H,13,14,15,16). The summed E-state index contributed by atoms with van der Waals surface area (Å²) < 4.78 is 0. The van der Waals surface area contributed by atoms with Gasteiger partial charge in [0.15, 0.2) is 5.82 Å². The Hall–Kier alpha value is -1.76. The van der Waals surface area contributed by atoms with Crippen LogP contribution in [0.15, 0.2) is 12.1 Å². The molecule has 0 aliphatic carbocycles. The van der Waals surface area contributed by atoms with Crippen molar-refractivity contribution in [1.29, 1.82) is 0 Å². The number of nitrogens with zero attached hydrogens (tertiary/aromatic N) is 3. The number of amides is 1. The van der Waals surface area contributed by atoms with Crippen molar-refractivity contribution in [2.45, 2.75) is 26.8 Å².